The number of aryl methyl sites for hydroxylation is 1. The van der Waals surface area contributed by atoms with Crippen molar-refractivity contribution in [2.45, 2.75) is 12.8 Å². The highest BCUT2D eigenvalue weighted by Gasteiger charge is 2.26. The highest BCUT2D eigenvalue weighted by molar-refractivity contribution is 9.10. The van der Waals surface area contributed by atoms with Crippen LogP contribution in [-0.2, 0) is 6.42 Å². The van der Waals surface area contributed by atoms with Crippen molar-refractivity contribution < 1.29 is 13.7 Å². The molecule has 126 valence electrons. The van der Waals surface area contributed by atoms with Gasteiger partial charge >= 0.3 is 0 Å². The van der Waals surface area contributed by atoms with Gasteiger partial charge in [0.15, 0.2) is 11.5 Å². The molecule has 0 spiro atoms. The lowest BCUT2D eigenvalue weighted by Crippen LogP contribution is -2.35. The fourth-order valence-electron chi connectivity index (χ4n) is 3.08. The first-order valence-electron chi connectivity index (χ1n) is 7.95. The molecule has 25 heavy (non-hydrogen) atoms. The molecule has 0 fully saturated rings. The summed E-state index contributed by atoms with van der Waals surface area (Å²) in [6.45, 7) is 0.620. The Morgan fingerprint density at radius 1 is 1.20 bits per heavy atom. The maximum atomic E-state index is 13.9. The fraction of sp³-hybridized carbons (Fsp3) is 0.158. The molecular formula is C19H14BrFN2O2. The van der Waals surface area contributed by atoms with Gasteiger partial charge in [-0.05, 0) is 48.7 Å². The third-order valence-corrected chi connectivity index (χ3v) is 4.77. The van der Waals surface area contributed by atoms with Crippen LogP contribution >= 0.6 is 15.9 Å². The molecule has 0 aliphatic carbocycles. The number of rotatable bonds is 2. The Balaban J connectivity index is 1.66. The van der Waals surface area contributed by atoms with E-state index in [1.807, 2.05) is 18.2 Å². The lowest BCUT2D eigenvalue weighted by molar-refractivity contribution is 0.0976. The van der Waals surface area contributed by atoms with Gasteiger partial charge in [0.05, 0.1) is 5.56 Å². The summed E-state index contributed by atoms with van der Waals surface area (Å²) in [7, 11) is 0. The number of amides is 1. The number of hydrogen-bond donors (Lipinski definition) is 0. The molecule has 0 saturated heterocycles. The van der Waals surface area contributed by atoms with E-state index in [2.05, 4.69) is 21.1 Å². The van der Waals surface area contributed by atoms with Gasteiger partial charge in [-0.1, -0.05) is 33.2 Å². The van der Waals surface area contributed by atoms with Crippen LogP contribution in [0.4, 0.5) is 10.1 Å². The standard InChI is InChI=1S/C19H14BrFN2O2/c20-13-7-8-17-12(10-13)4-3-9-23(17)19(24)16-11-18(25-22-16)14-5-1-2-6-15(14)21/h1-2,5-8,10-11H,3-4,9H2. The lowest BCUT2D eigenvalue weighted by Gasteiger charge is -2.28. The van der Waals surface area contributed by atoms with Crippen molar-refractivity contribution in [1.29, 1.82) is 0 Å². The molecule has 4 rings (SSSR count). The van der Waals surface area contributed by atoms with E-state index in [1.165, 1.54) is 12.1 Å². The van der Waals surface area contributed by atoms with E-state index in [0.29, 0.717) is 6.54 Å². The number of benzene rings is 2. The van der Waals surface area contributed by atoms with Gasteiger partial charge in [0, 0.05) is 22.8 Å². The van der Waals surface area contributed by atoms with Crippen molar-refractivity contribution in [2.75, 3.05) is 11.4 Å². The maximum absolute atomic E-state index is 13.9. The van der Waals surface area contributed by atoms with Gasteiger partial charge in [0.2, 0.25) is 0 Å². The number of hydrogen-bond acceptors (Lipinski definition) is 3. The summed E-state index contributed by atoms with van der Waals surface area (Å²) in [5, 5.41) is 3.86. The van der Waals surface area contributed by atoms with Gasteiger partial charge in [-0.25, -0.2) is 4.39 Å². The van der Waals surface area contributed by atoms with Crippen molar-refractivity contribution in [1.82, 2.24) is 5.16 Å². The van der Waals surface area contributed by atoms with Gasteiger partial charge in [-0.3, -0.25) is 4.79 Å². The van der Waals surface area contributed by atoms with Gasteiger partial charge < -0.3 is 9.42 Å². The van der Waals surface area contributed by atoms with E-state index in [4.69, 9.17) is 4.52 Å². The summed E-state index contributed by atoms with van der Waals surface area (Å²) in [5.41, 5.74) is 2.47. The first kappa shape index (κ1) is 16.0. The molecule has 1 aromatic heterocycles. The molecule has 6 heteroatoms. The van der Waals surface area contributed by atoms with E-state index in [-0.39, 0.29) is 22.9 Å². The summed E-state index contributed by atoms with van der Waals surface area (Å²) >= 11 is 3.46. The van der Waals surface area contributed by atoms with Crippen molar-refractivity contribution in [3.63, 3.8) is 0 Å². The largest absolute Gasteiger partial charge is 0.355 e. The molecule has 0 radical (unpaired) electrons. The molecule has 0 saturated carbocycles. The van der Waals surface area contributed by atoms with Crippen LogP contribution < -0.4 is 4.90 Å². The van der Waals surface area contributed by atoms with Gasteiger partial charge in [0.1, 0.15) is 5.82 Å². The lowest BCUT2D eigenvalue weighted by atomic mass is 10.0. The van der Waals surface area contributed by atoms with Crippen molar-refractivity contribution in [3.05, 3.63) is 70.1 Å². The average molecular weight is 401 g/mol. The van der Waals surface area contributed by atoms with Crippen LogP contribution in [0, 0.1) is 5.82 Å². The molecule has 1 aliphatic rings. The van der Waals surface area contributed by atoms with Crippen molar-refractivity contribution in [2.24, 2.45) is 0 Å². The highest BCUT2D eigenvalue weighted by atomic mass is 79.9. The molecule has 0 atom stereocenters. The zero-order valence-electron chi connectivity index (χ0n) is 13.2. The summed E-state index contributed by atoms with van der Waals surface area (Å²) in [6, 6.07) is 13.6. The van der Waals surface area contributed by atoms with Crippen LogP contribution in [-0.4, -0.2) is 17.6 Å². The molecule has 2 heterocycles. The minimum Gasteiger partial charge on any atom is -0.355 e. The Bertz CT molecular complexity index is 954. The summed E-state index contributed by atoms with van der Waals surface area (Å²) in [5.74, 6) is -0.407. The first-order chi connectivity index (χ1) is 12.1. The molecule has 3 aromatic rings. The average Bonchev–Trinajstić information content (AvgIpc) is 3.10. The number of carbonyl (C=O) groups is 1. The first-order valence-corrected chi connectivity index (χ1v) is 8.75. The summed E-state index contributed by atoms with van der Waals surface area (Å²) < 4.78 is 20.1. The highest BCUT2D eigenvalue weighted by Crippen LogP contribution is 2.31. The van der Waals surface area contributed by atoms with Crippen molar-refractivity contribution >= 4 is 27.5 Å². The fourth-order valence-corrected chi connectivity index (χ4v) is 3.49. The number of carbonyl (C=O) groups excluding carboxylic acids is 1. The van der Waals surface area contributed by atoms with Crippen molar-refractivity contribution in [3.8, 4) is 11.3 Å². The molecule has 0 N–H and O–H groups in total. The second-order valence-corrected chi connectivity index (χ2v) is 6.81. The van der Waals surface area contributed by atoms with Crippen LogP contribution in [0.3, 0.4) is 0 Å². The third-order valence-electron chi connectivity index (χ3n) is 4.27. The van der Waals surface area contributed by atoms with E-state index >= 15 is 0 Å². The van der Waals surface area contributed by atoms with Gasteiger partial charge in [0.25, 0.3) is 5.91 Å². The SMILES string of the molecule is O=C(c1cc(-c2ccccc2F)on1)N1CCCc2cc(Br)ccc21. The molecule has 1 amide bonds. The van der Waals surface area contributed by atoms with E-state index < -0.39 is 5.82 Å². The Kier molecular flexibility index (Phi) is 4.13. The second kappa shape index (κ2) is 6.44. The van der Waals surface area contributed by atoms with Gasteiger partial charge in [-0.2, -0.15) is 0 Å². The van der Waals surface area contributed by atoms with Gasteiger partial charge in [-0.15, -0.1) is 0 Å². The Labute approximate surface area is 152 Å². The normalized spacial score (nSPS) is 13.6. The number of fused-ring (bicyclic) bond motifs is 1. The number of halogens is 2. The predicted molar refractivity (Wildman–Crippen MR) is 96.0 cm³/mol. The van der Waals surface area contributed by atoms with E-state index in [0.717, 1.165) is 28.6 Å². The van der Waals surface area contributed by atoms with Crippen LogP contribution in [0.5, 0.6) is 0 Å². The molecule has 4 nitrogen and oxygen atoms in total. The van der Waals surface area contributed by atoms with Crippen LogP contribution in [0.15, 0.2) is 57.5 Å². The zero-order chi connectivity index (χ0) is 17.4. The number of anilines is 1. The minimum atomic E-state index is -0.411. The van der Waals surface area contributed by atoms with Crippen LogP contribution in [0.1, 0.15) is 22.5 Å². The number of nitrogens with zero attached hydrogens (tertiary/aromatic N) is 2. The van der Waals surface area contributed by atoms with E-state index in [9.17, 15) is 9.18 Å². The molecule has 0 bridgehead atoms. The predicted octanol–water partition coefficient (Wildman–Crippen LogP) is 4.84. The maximum Gasteiger partial charge on any atom is 0.280 e. The second-order valence-electron chi connectivity index (χ2n) is 5.89. The number of aromatic nitrogens is 1. The Morgan fingerprint density at radius 3 is 2.88 bits per heavy atom. The molecule has 0 unspecified atom stereocenters. The quantitative estimate of drug-likeness (QED) is 0.618. The summed E-state index contributed by atoms with van der Waals surface area (Å²) in [6.07, 6.45) is 1.81. The molecule has 1 aliphatic heterocycles. The monoisotopic (exact) mass is 400 g/mol. The van der Waals surface area contributed by atoms with Crippen LogP contribution in [0.25, 0.3) is 11.3 Å². The van der Waals surface area contributed by atoms with E-state index in [1.54, 1.807) is 23.1 Å². The minimum absolute atomic E-state index is 0.175. The Morgan fingerprint density at radius 2 is 2.04 bits per heavy atom. The molecule has 2 aromatic carbocycles. The third kappa shape index (κ3) is 2.98. The van der Waals surface area contributed by atoms with Crippen LogP contribution in [0.2, 0.25) is 0 Å². The topological polar surface area (TPSA) is 46.3 Å². The summed E-state index contributed by atoms with van der Waals surface area (Å²) in [4.78, 5) is 14.6. The smallest absolute Gasteiger partial charge is 0.280 e. The molecular weight excluding hydrogens is 387 g/mol. The zero-order valence-corrected chi connectivity index (χ0v) is 14.8. The Hall–Kier alpha value is -2.47.